The summed E-state index contributed by atoms with van der Waals surface area (Å²) in [6.07, 6.45) is -2.30. The molecule has 0 rings (SSSR count). The molecule has 0 saturated heterocycles. The second-order valence-corrected chi connectivity index (χ2v) is 1.08. The van der Waals surface area contributed by atoms with Crippen LogP contribution in [0.15, 0.2) is 0 Å². The monoisotopic (exact) mass is 227 g/mol. The average Bonchev–Trinajstić information content (AvgIpc) is 1.64. The van der Waals surface area contributed by atoms with Gasteiger partial charge in [0.1, 0.15) is 0 Å². The molecule has 0 heterocycles. The minimum absolute atomic E-state index is 0. The van der Waals surface area contributed by atoms with Gasteiger partial charge < -0.3 is 15.3 Å². The summed E-state index contributed by atoms with van der Waals surface area (Å²) in [5.41, 5.74) is 0. The fraction of sp³-hybridized carbons (Fsp3) is 0.333. The van der Waals surface area contributed by atoms with Gasteiger partial charge in [0.05, 0.1) is 0 Å². The Labute approximate surface area is 65.8 Å². The summed E-state index contributed by atoms with van der Waals surface area (Å²) in [4.78, 5) is 19.0. The quantitative estimate of drug-likeness (QED) is 0.395. The maximum atomic E-state index is 9.51. The van der Waals surface area contributed by atoms with E-state index in [2.05, 4.69) is 0 Å². The van der Waals surface area contributed by atoms with Crippen molar-refractivity contribution < 1.29 is 47.3 Å². The molecule has 0 aliphatic carbocycles. The van der Waals surface area contributed by atoms with Crippen LogP contribution in [0.5, 0.6) is 0 Å². The molecule has 3 N–H and O–H groups in total. The van der Waals surface area contributed by atoms with Gasteiger partial charge in [0.2, 0.25) is 6.10 Å². The van der Waals surface area contributed by atoms with Crippen molar-refractivity contribution in [3.8, 4) is 0 Å². The Bertz CT molecular complexity index is 107. The van der Waals surface area contributed by atoms with Crippen LogP contribution >= 0.6 is 0 Å². The topological polar surface area (TPSA) is 94.8 Å². The first-order chi connectivity index (χ1) is 3.55. The Balaban J connectivity index is 0. The van der Waals surface area contributed by atoms with Crippen molar-refractivity contribution in [1.29, 1.82) is 0 Å². The van der Waals surface area contributed by atoms with Crippen LogP contribution in [-0.4, -0.2) is 33.4 Å². The summed E-state index contributed by atoms with van der Waals surface area (Å²) in [6.45, 7) is 0. The molecule has 57 valence electrons. The number of carbonyl (C=O) groups is 2. The smallest absolute Gasteiger partial charge is 0.344 e. The Hall–Kier alpha value is -0.360. The van der Waals surface area contributed by atoms with Gasteiger partial charge in [-0.1, -0.05) is 0 Å². The standard InChI is InChI=1S/C3H4O5.Ag/c4-1(2(5)6)3(7)8;/h1,4H,(H,5,6)(H,7,8);. The molecule has 0 aliphatic rings. The van der Waals surface area contributed by atoms with E-state index < -0.39 is 18.0 Å². The van der Waals surface area contributed by atoms with Crippen LogP contribution in [0.4, 0.5) is 0 Å². The van der Waals surface area contributed by atoms with Crippen LogP contribution in [0.2, 0.25) is 0 Å². The zero-order valence-electron chi connectivity index (χ0n) is 4.04. The molecular formula is C3H4AgO5. The van der Waals surface area contributed by atoms with Crippen LogP contribution in [0.1, 0.15) is 0 Å². The molecule has 1 radical (unpaired) electrons. The van der Waals surface area contributed by atoms with Gasteiger partial charge in [0.15, 0.2) is 0 Å². The molecule has 0 unspecified atom stereocenters. The molecule has 0 saturated carbocycles. The Kier molecular flexibility index (Phi) is 5.74. The van der Waals surface area contributed by atoms with E-state index in [0.29, 0.717) is 0 Å². The van der Waals surface area contributed by atoms with E-state index >= 15 is 0 Å². The van der Waals surface area contributed by atoms with Crippen LogP contribution in [0.25, 0.3) is 0 Å². The van der Waals surface area contributed by atoms with Gasteiger partial charge in [-0.15, -0.1) is 0 Å². The number of aliphatic hydroxyl groups is 1. The zero-order chi connectivity index (χ0) is 6.73. The second kappa shape index (κ2) is 4.51. The van der Waals surface area contributed by atoms with Crippen molar-refractivity contribution in [2.75, 3.05) is 0 Å². The van der Waals surface area contributed by atoms with E-state index in [0.717, 1.165) is 0 Å². The normalized spacial score (nSPS) is 8.22. The van der Waals surface area contributed by atoms with Gasteiger partial charge in [-0.05, 0) is 0 Å². The molecule has 0 atom stereocenters. The van der Waals surface area contributed by atoms with Gasteiger partial charge in [0, 0.05) is 22.4 Å². The summed E-state index contributed by atoms with van der Waals surface area (Å²) >= 11 is 0. The fourth-order valence-corrected chi connectivity index (χ4v) is 0.106. The molecule has 0 bridgehead atoms. The number of aliphatic hydroxyl groups excluding tert-OH is 1. The van der Waals surface area contributed by atoms with Crippen LogP contribution in [0, 0.1) is 0 Å². The van der Waals surface area contributed by atoms with Gasteiger partial charge in [-0.25, -0.2) is 9.59 Å². The van der Waals surface area contributed by atoms with Crippen molar-refractivity contribution in [2.45, 2.75) is 6.10 Å². The number of carboxylic acids is 2. The zero-order valence-corrected chi connectivity index (χ0v) is 5.52. The van der Waals surface area contributed by atoms with Crippen molar-refractivity contribution in [3.05, 3.63) is 0 Å². The molecule has 0 aromatic rings. The fourth-order valence-electron chi connectivity index (χ4n) is 0.106. The molecule has 5 nitrogen and oxygen atoms in total. The minimum Gasteiger partial charge on any atom is -0.479 e. The number of hydrogen-bond donors (Lipinski definition) is 3. The van der Waals surface area contributed by atoms with Gasteiger partial charge >= 0.3 is 11.9 Å². The third-order valence-corrected chi connectivity index (χ3v) is 0.468. The summed E-state index contributed by atoms with van der Waals surface area (Å²) in [5, 5.41) is 23.4. The maximum absolute atomic E-state index is 9.51. The largest absolute Gasteiger partial charge is 0.479 e. The van der Waals surface area contributed by atoms with Gasteiger partial charge in [0.25, 0.3) is 0 Å². The molecule has 0 amide bonds. The van der Waals surface area contributed by atoms with Crippen LogP contribution in [0.3, 0.4) is 0 Å². The molecule has 9 heavy (non-hydrogen) atoms. The number of aliphatic carboxylic acids is 2. The Morgan fingerprint density at radius 3 is 1.33 bits per heavy atom. The Morgan fingerprint density at radius 2 is 1.33 bits per heavy atom. The van der Waals surface area contributed by atoms with E-state index in [-0.39, 0.29) is 22.4 Å². The first-order valence-corrected chi connectivity index (χ1v) is 1.69. The molecule has 0 aromatic carbocycles. The summed E-state index contributed by atoms with van der Waals surface area (Å²) in [5.74, 6) is -3.50. The predicted molar refractivity (Wildman–Crippen MR) is 21.3 cm³/mol. The van der Waals surface area contributed by atoms with E-state index in [4.69, 9.17) is 15.3 Å². The molecule has 0 spiro atoms. The Morgan fingerprint density at radius 1 is 1.11 bits per heavy atom. The third kappa shape index (κ3) is 4.16. The molecule has 6 heteroatoms. The number of rotatable bonds is 2. The van der Waals surface area contributed by atoms with Crippen molar-refractivity contribution >= 4 is 11.9 Å². The molecule has 0 aromatic heterocycles. The van der Waals surface area contributed by atoms with Crippen LogP contribution in [-0.2, 0) is 32.0 Å². The van der Waals surface area contributed by atoms with E-state index in [1.54, 1.807) is 0 Å². The minimum atomic E-state index is -2.30. The van der Waals surface area contributed by atoms with E-state index in [9.17, 15) is 9.59 Å². The third-order valence-electron chi connectivity index (χ3n) is 0.468. The summed E-state index contributed by atoms with van der Waals surface area (Å²) < 4.78 is 0. The summed E-state index contributed by atoms with van der Waals surface area (Å²) in [6, 6.07) is 0. The molecule has 0 aliphatic heterocycles. The van der Waals surface area contributed by atoms with E-state index in [1.165, 1.54) is 0 Å². The second-order valence-electron chi connectivity index (χ2n) is 1.08. The molecule has 0 fully saturated rings. The van der Waals surface area contributed by atoms with Crippen LogP contribution < -0.4 is 0 Å². The first kappa shape index (κ1) is 11.4. The number of carboxylic acid groups (broad SMARTS) is 2. The predicted octanol–water partition coefficient (Wildman–Crippen LogP) is -1.49. The number of hydrogen-bond acceptors (Lipinski definition) is 3. The first-order valence-electron chi connectivity index (χ1n) is 1.69. The van der Waals surface area contributed by atoms with Crippen molar-refractivity contribution in [1.82, 2.24) is 0 Å². The van der Waals surface area contributed by atoms with Crippen molar-refractivity contribution in [3.63, 3.8) is 0 Å². The average molecular weight is 228 g/mol. The SMILES string of the molecule is O=C(O)C(O)C(=O)O.[Ag]. The van der Waals surface area contributed by atoms with Gasteiger partial charge in [-0.3, -0.25) is 0 Å². The van der Waals surface area contributed by atoms with E-state index in [1.807, 2.05) is 0 Å². The van der Waals surface area contributed by atoms with Crippen molar-refractivity contribution in [2.24, 2.45) is 0 Å². The maximum Gasteiger partial charge on any atom is 0.344 e. The molecular weight excluding hydrogens is 224 g/mol. The summed E-state index contributed by atoms with van der Waals surface area (Å²) in [7, 11) is 0. The van der Waals surface area contributed by atoms with Gasteiger partial charge in [-0.2, -0.15) is 0 Å².